The number of hydrogen-bond donors (Lipinski definition) is 6. The van der Waals surface area contributed by atoms with E-state index in [4.69, 9.17) is 9.47 Å². The number of ether oxygens (including phenoxy) is 2. The van der Waals surface area contributed by atoms with Crippen LogP contribution in [0.25, 0.3) is 0 Å². The first-order valence-corrected chi connectivity index (χ1v) is 22.9. The van der Waals surface area contributed by atoms with Gasteiger partial charge in [0.25, 0.3) is 0 Å². The van der Waals surface area contributed by atoms with E-state index in [0.717, 1.165) is 103 Å². The lowest BCUT2D eigenvalue weighted by atomic mass is 9.99. The third kappa shape index (κ3) is 30.9. The van der Waals surface area contributed by atoms with Crippen molar-refractivity contribution in [3.8, 4) is 0 Å². The molecule has 1 aliphatic heterocycles. The lowest BCUT2D eigenvalue weighted by Gasteiger charge is -2.40. The lowest BCUT2D eigenvalue weighted by Crippen LogP contribution is -2.60. The molecule has 1 amide bonds. The van der Waals surface area contributed by atoms with E-state index < -0.39 is 49.5 Å². The summed E-state index contributed by atoms with van der Waals surface area (Å²) in [6.07, 6.45) is 55.6. The fourth-order valence-electron chi connectivity index (χ4n) is 6.06. The third-order valence-corrected chi connectivity index (χ3v) is 9.73. The molecule has 9 heteroatoms. The normalized spacial score (nSPS) is 21.7. The Morgan fingerprint density at radius 3 is 1.44 bits per heavy atom. The highest BCUT2D eigenvalue weighted by molar-refractivity contribution is 5.76. The van der Waals surface area contributed by atoms with Gasteiger partial charge in [-0.1, -0.05) is 160 Å². The summed E-state index contributed by atoms with van der Waals surface area (Å²) < 4.78 is 11.1. The standard InChI is InChI=1S/C52H81NO8/c1-3-5-7-9-10-11-12-13-14-15-16-17-18-19-20-21-22-23-24-25-26-27-28-29-30-31-32-33-34-35-36-38-40-42-48(56)53-45(46(55)41-39-37-8-6-4-2)44-60-52-51(59)50(58)49(57)47(43-54)61-52/h5,7,10-11,13-14,16-17,19-20,22-23,25-26,28-29,31-32,34-35,39,41,45-47,49-52,54-55,57-59H,3-4,6,8-9,12,15,18,21,24,27,30,33,36-38,40,42-44H2,1-2H3,(H,53,56)/b7-5-,11-10-,14-13-,17-16-,20-19-,23-22-,26-25-,29-28-,32-31-,35-34-,41-39+. The summed E-state index contributed by atoms with van der Waals surface area (Å²) in [5.74, 6) is -0.235. The zero-order valence-corrected chi connectivity index (χ0v) is 37.3. The van der Waals surface area contributed by atoms with E-state index in [1.165, 1.54) is 0 Å². The molecule has 7 atom stereocenters. The van der Waals surface area contributed by atoms with Gasteiger partial charge in [0, 0.05) is 6.42 Å². The van der Waals surface area contributed by atoms with E-state index in [1.54, 1.807) is 6.08 Å². The van der Waals surface area contributed by atoms with Crippen LogP contribution >= 0.6 is 0 Å². The summed E-state index contributed by atoms with van der Waals surface area (Å²) >= 11 is 0. The number of aliphatic hydroxyl groups excluding tert-OH is 5. The second-order valence-corrected chi connectivity index (χ2v) is 15.1. The number of carbonyl (C=O) groups is 1. The number of nitrogens with one attached hydrogen (secondary N) is 1. The van der Waals surface area contributed by atoms with Crippen molar-refractivity contribution in [3.05, 3.63) is 134 Å². The first-order chi connectivity index (χ1) is 29.8. The zero-order valence-electron chi connectivity index (χ0n) is 37.3. The molecule has 0 aromatic rings. The molecule has 0 bridgehead atoms. The van der Waals surface area contributed by atoms with Crippen LogP contribution in [-0.2, 0) is 14.3 Å². The molecule has 0 radical (unpaired) electrons. The van der Waals surface area contributed by atoms with Crippen molar-refractivity contribution < 1.29 is 39.8 Å². The quantitative estimate of drug-likeness (QED) is 0.0273. The Bertz CT molecular complexity index is 1400. The van der Waals surface area contributed by atoms with Crippen molar-refractivity contribution in [1.82, 2.24) is 5.32 Å². The Hall–Kier alpha value is -3.67. The van der Waals surface area contributed by atoms with Gasteiger partial charge in [-0.15, -0.1) is 0 Å². The molecular formula is C52H81NO8. The fourth-order valence-corrected chi connectivity index (χ4v) is 6.06. The Morgan fingerprint density at radius 2 is 1.00 bits per heavy atom. The first kappa shape index (κ1) is 55.3. The molecule has 0 aromatic heterocycles. The molecule has 1 saturated heterocycles. The van der Waals surface area contributed by atoms with Gasteiger partial charge < -0.3 is 40.3 Å². The number of rotatable bonds is 35. The van der Waals surface area contributed by atoms with Crippen molar-refractivity contribution in [1.29, 1.82) is 0 Å². The molecule has 9 nitrogen and oxygen atoms in total. The van der Waals surface area contributed by atoms with E-state index in [0.29, 0.717) is 6.42 Å². The van der Waals surface area contributed by atoms with Gasteiger partial charge >= 0.3 is 0 Å². The zero-order chi connectivity index (χ0) is 44.4. The summed E-state index contributed by atoms with van der Waals surface area (Å²) in [7, 11) is 0. The van der Waals surface area contributed by atoms with E-state index in [9.17, 15) is 30.3 Å². The molecule has 1 rings (SSSR count). The molecule has 0 aliphatic carbocycles. The molecule has 1 heterocycles. The molecule has 0 saturated carbocycles. The van der Waals surface area contributed by atoms with Crippen LogP contribution in [0, 0.1) is 0 Å². The van der Waals surface area contributed by atoms with Crippen LogP contribution in [0.2, 0.25) is 0 Å². The first-order valence-electron chi connectivity index (χ1n) is 22.9. The smallest absolute Gasteiger partial charge is 0.220 e. The minimum atomic E-state index is -1.58. The number of amides is 1. The highest BCUT2D eigenvalue weighted by Crippen LogP contribution is 2.22. The third-order valence-electron chi connectivity index (χ3n) is 9.73. The van der Waals surface area contributed by atoms with Gasteiger partial charge in [0.15, 0.2) is 6.29 Å². The van der Waals surface area contributed by atoms with Crippen LogP contribution in [0.15, 0.2) is 134 Å². The van der Waals surface area contributed by atoms with Gasteiger partial charge in [-0.2, -0.15) is 0 Å². The SMILES string of the molecule is CC/C=C\C/C=C\C/C=C\C/C=C\C/C=C\C/C=C\C/C=C\C/C=C\C/C=C\C/C=C\CCCCC(=O)NC(COC1OC(CO)C(O)C(O)C1O)C(O)/C=C/CCCCC. The van der Waals surface area contributed by atoms with Crippen LogP contribution in [0.4, 0.5) is 0 Å². The molecule has 342 valence electrons. The van der Waals surface area contributed by atoms with Gasteiger partial charge in [-0.25, -0.2) is 0 Å². The molecule has 7 unspecified atom stereocenters. The summed E-state index contributed by atoms with van der Waals surface area (Å²) in [5.41, 5.74) is 0. The van der Waals surface area contributed by atoms with E-state index in [-0.39, 0.29) is 18.9 Å². The number of allylic oxidation sites excluding steroid dienone is 21. The van der Waals surface area contributed by atoms with Gasteiger partial charge in [0.1, 0.15) is 24.4 Å². The summed E-state index contributed by atoms with van der Waals surface area (Å²) in [6.45, 7) is 3.47. The molecule has 6 N–H and O–H groups in total. The van der Waals surface area contributed by atoms with Crippen molar-refractivity contribution in [3.63, 3.8) is 0 Å². The summed E-state index contributed by atoms with van der Waals surface area (Å²) in [5, 5.41) is 53.6. The molecule has 0 spiro atoms. The van der Waals surface area contributed by atoms with Crippen molar-refractivity contribution in [2.24, 2.45) is 0 Å². The average Bonchev–Trinajstić information content (AvgIpc) is 3.26. The average molecular weight is 848 g/mol. The Morgan fingerprint density at radius 1 is 0.574 bits per heavy atom. The Labute approximate surface area is 369 Å². The van der Waals surface area contributed by atoms with Crippen LogP contribution in [0.5, 0.6) is 0 Å². The second kappa shape index (κ2) is 40.4. The van der Waals surface area contributed by atoms with Gasteiger partial charge in [0.05, 0.1) is 25.4 Å². The van der Waals surface area contributed by atoms with Gasteiger partial charge in [-0.3, -0.25) is 4.79 Å². The van der Waals surface area contributed by atoms with Crippen molar-refractivity contribution in [2.75, 3.05) is 13.2 Å². The Balaban J connectivity index is 2.21. The Kier molecular flexibility index (Phi) is 36.7. The van der Waals surface area contributed by atoms with Crippen molar-refractivity contribution >= 4 is 5.91 Å². The van der Waals surface area contributed by atoms with Crippen LogP contribution in [0.3, 0.4) is 0 Å². The van der Waals surface area contributed by atoms with E-state index in [1.807, 2.05) is 6.08 Å². The molecule has 61 heavy (non-hydrogen) atoms. The summed E-state index contributed by atoms with van der Waals surface area (Å²) in [6, 6.07) is -0.834. The van der Waals surface area contributed by atoms with E-state index >= 15 is 0 Å². The maximum absolute atomic E-state index is 12.8. The van der Waals surface area contributed by atoms with Gasteiger partial charge in [-0.05, 0) is 96.3 Å². The molecule has 1 fully saturated rings. The molecular weight excluding hydrogens is 767 g/mol. The van der Waals surface area contributed by atoms with Gasteiger partial charge in [0.2, 0.25) is 5.91 Å². The maximum atomic E-state index is 12.8. The highest BCUT2D eigenvalue weighted by atomic mass is 16.7. The van der Waals surface area contributed by atoms with Crippen LogP contribution in [0.1, 0.15) is 129 Å². The highest BCUT2D eigenvalue weighted by Gasteiger charge is 2.44. The summed E-state index contributed by atoms with van der Waals surface area (Å²) in [4.78, 5) is 12.8. The predicted molar refractivity (Wildman–Crippen MR) is 253 cm³/mol. The molecule has 0 aromatic carbocycles. The maximum Gasteiger partial charge on any atom is 0.220 e. The topological polar surface area (TPSA) is 149 Å². The minimum Gasteiger partial charge on any atom is -0.394 e. The van der Waals surface area contributed by atoms with Crippen molar-refractivity contribution in [2.45, 2.75) is 172 Å². The largest absolute Gasteiger partial charge is 0.394 e. The lowest BCUT2D eigenvalue weighted by molar-refractivity contribution is -0.302. The number of unbranched alkanes of at least 4 members (excludes halogenated alkanes) is 5. The second-order valence-electron chi connectivity index (χ2n) is 15.1. The van der Waals surface area contributed by atoms with Crippen LogP contribution in [-0.4, -0.2) is 87.5 Å². The number of hydrogen-bond acceptors (Lipinski definition) is 8. The predicted octanol–water partition coefficient (Wildman–Crippen LogP) is 9.83. The monoisotopic (exact) mass is 848 g/mol. The number of carbonyl (C=O) groups excluding carboxylic acids is 1. The molecule has 1 aliphatic rings. The van der Waals surface area contributed by atoms with Crippen LogP contribution < -0.4 is 5.32 Å². The van der Waals surface area contributed by atoms with E-state index in [2.05, 4.69) is 141 Å². The number of aliphatic hydroxyl groups is 5. The fraction of sp³-hybridized carbons (Fsp3) is 0.558. The minimum absolute atomic E-state index is 0.219.